The smallest absolute Gasteiger partial charge is 0.393 e. The molecule has 5 fully saturated rings. The fourth-order valence-corrected chi connectivity index (χ4v) is 11.5. The molecule has 0 radical (unpaired) electrons. The number of hydrogen-bond acceptors (Lipinski definition) is 4. The molecular weight excluding hydrogens is 479 g/mol. The average molecular weight is 530 g/mol. The Balaban J connectivity index is 1.35. The van der Waals surface area contributed by atoms with Gasteiger partial charge in [0.15, 0.2) is 0 Å². The number of rotatable bonds is 7. The summed E-state index contributed by atoms with van der Waals surface area (Å²) in [6.45, 7) is 10.8. The summed E-state index contributed by atoms with van der Waals surface area (Å²) in [6.07, 6.45) is 4.27. The van der Waals surface area contributed by atoms with Gasteiger partial charge in [-0.25, -0.2) is 0 Å². The lowest BCUT2D eigenvalue weighted by molar-refractivity contribution is -0.182. The number of aliphatic hydroxyl groups excluding tert-OH is 2. The van der Waals surface area contributed by atoms with Crippen LogP contribution in [0.15, 0.2) is 0 Å². The van der Waals surface area contributed by atoms with E-state index < -0.39 is 12.7 Å². The van der Waals surface area contributed by atoms with E-state index in [1.807, 2.05) is 0 Å². The molecule has 11 atom stereocenters. The van der Waals surface area contributed by atoms with Crippen molar-refractivity contribution < 1.29 is 28.1 Å². The van der Waals surface area contributed by atoms with Gasteiger partial charge in [-0.15, -0.1) is 0 Å². The predicted molar refractivity (Wildman–Crippen MR) is 138 cm³/mol. The first-order valence-corrected chi connectivity index (χ1v) is 14.8. The van der Waals surface area contributed by atoms with Gasteiger partial charge in [-0.05, 0) is 103 Å². The topological polar surface area (TPSA) is 61.7 Å². The molecule has 0 amide bonds. The van der Waals surface area contributed by atoms with Crippen molar-refractivity contribution in [2.24, 2.45) is 50.7 Å². The van der Waals surface area contributed by atoms with Gasteiger partial charge in [0.25, 0.3) is 0 Å². The fourth-order valence-electron chi connectivity index (χ4n) is 11.5. The number of hydrogen-bond donors (Lipinski definition) is 3. The van der Waals surface area contributed by atoms with Gasteiger partial charge in [-0.3, -0.25) is 0 Å². The van der Waals surface area contributed by atoms with Crippen LogP contribution in [0, 0.1) is 50.7 Å². The average Bonchev–Trinajstić information content (AvgIpc) is 3.43. The second kappa shape index (κ2) is 8.81. The minimum atomic E-state index is -4.22. The zero-order valence-corrected chi connectivity index (χ0v) is 23.8. The molecule has 2 spiro atoms. The second-order valence-electron chi connectivity index (χ2n) is 14.9. The Morgan fingerprint density at radius 1 is 0.946 bits per heavy atom. The van der Waals surface area contributed by atoms with Crippen LogP contribution in [0.5, 0.6) is 0 Å². The third-order valence-corrected chi connectivity index (χ3v) is 13.6. The van der Waals surface area contributed by atoms with E-state index in [0.717, 1.165) is 38.5 Å². The van der Waals surface area contributed by atoms with E-state index in [1.165, 1.54) is 12.8 Å². The number of aliphatic hydroxyl groups is 2. The largest absolute Gasteiger partial charge is 0.401 e. The summed E-state index contributed by atoms with van der Waals surface area (Å²) in [6, 6.07) is 0. The van der Waals surface area contributed by atoms with Crippen molar-refractivity contribution in [2.45, 2.75) is 117 Å². The summed E-state index contributed by atoms with van der Waals surface area (Å²) < 4.78 is 43.5. The van der Waals surface area contributed by atoms with Gasteiger partial charge in [0, 0.05) is 19.1 Å². The molecule has 214 valence electrons. The van der Waals surface area contributed by atoms with E-state index in [0.29, 0.717) is 35.0 Å². The van der Waals surface area contributed by atoms with Crippen LogP contribution in [-0.2, 0) is 4.74 Å². The molecule has 6 unspecified atom stereocenters. The van der Waals surface area contributed by atoms with Crippen LogP contribution in [0.3, 0.4) is 0 Å². The quantitative estimate of drug-likeness (QED) is 0.381. The Morgan fingerprint density at radius 3 is 2.24 bits per heavy atom. The molecule has 37 heavy (non-hydrogen) atoms. The van der Waals surface area contributed by atoms with E-state index in [4.69, 9.17) is 4.74 Å². The first-order valence-electron chi connectivity index (χ1n) is 14.8. The Labute approximate surface area is 221 Å². The maximum absolute atomic E-state index is 12.6. The van der Waals surface area contributed by atoms with Crippen molar-refractivity contribution in [1.29, 1.82) is 0 Å². The van der Waals surface area contributed by atoms with Crippen molar-refractivity contribution in [1.82, 2.24) is 5.32 Å². The van der Waals surface area contributed by atoms with Crippen LogP contribution >= 0.6 is 0 Å². The molecular formula is C30H50F3NO3. The van der Waals surface area contributed by atoms with Gasteiger partial charge < -0.3 is 20.3 Å². The first kappa shape index (κ1) is 28.2. The minimum Gasteiger partial charge on any atom is -0.393 e. The summed E-state index contributed by atoms with van der Waals surface area (Å²) in [5.41, 5.74) is 0.430. The highest BCUT2D eigenvalue weighted by Gasteiger charge is 2.83. The van der Waals surface area contributed by atoms with Crippen molar-refractivity contribution in [3.8, 4) is 0 Å². The Morgan fingerprint density at radius 2 is 1.59 bits per heavy atom. The van der Waals surface area contributed by atoms with Gasteiger partial charge in [0.2, 0.25) is 0 Å². The maximum atomic E-state index is 12.6. The van der Waals surface area contributed by atoms with Crippen LogP contribution in [-0.4, -0.2) is 54.9 Å². The van der Waals surface area contributed by atoms with Crippen LogP contribution < -0.4 is 5.32 Å². The van der Waals surface area contributed by atoms with E-state index >= 15 is 0 Å². The Hall–Kier alpha value is -0.370. The monoisotopic (exact) mass is 529 g/mol. The van der Waals surface area contributed by atoms with Crippen molar-refractivity contribution in [3.63, 3.8) is 0 Å². The molecule has 0 heterocycles. The lowest BCUT2D eigenvalue weighted by Crippen LogP contribution is -2.59. The van der Waals surface area contributed by atoms with Crippen LogP contribution in [0.25, 0.3) is 0 Å². The molecule has 0 aromatic carbocycles. The van der Waals surface area contributed by atoms with Crippen molar-refractivity contribution in [2.75, 3.05) is 20.2 Å². The number of nitrogens with one attached hydrogen (secondary N) is 1. The molecule has 0 aliphatic heterocycles. The zero-order valence-electron chi connectivity index (χ0n) is 23.8. The molecule has 5 saturated carbocycles. The highest BCUT2D eigenvalue weighted by molar-refractivity contribution is 5.31. The van der Waals surface area contributed by atoms with Gasteiger partial charge >= 0.3 is 6.18 Å². The Kier molecular flexibility index (Phi) is 6.71. The normalized spacial score (nSPS) is 49.9. The molecule has 0 saturated heterocycles. The lowest BCUT2D eigenvalue weighted by atomic mass is 9.41. The fraction of sp³-hybridized carbons (Fsp3) is 1.00. The summed E-state index contributed by atoms with van der Waals surface area (Å²) in [7, 11) is 1.58. The molecule has 4 nitrogen and oxygen atoms in total. The predicted octanol–water partition coefficient (Wildman–Crippen LogP) is 5.95. The van der Waals surface area contributed by atoms with E-state index in [1.54, 1.807) is 7.11 Å². The standard InChI is InChI=1S/C30H50F3NO3/c1-18(13-19(37-6)15-34-17-30(31,32)33)20-14-24(36)27(5)22-8-7-21-25(2,3)23(35)9-10-28(21)16-29(22,28)12-11-26(20,27)4/h18-24,34-36H,7-17H2,1-6H3/t18-,19?,20-,21+,22?,23?,24+,26?,27-,28?,29?/m1/s1. The zero-order chi connectivity index (χ0) is 27.2. The number of alkyl halides is 3. The molecule has 0 bridgehead atoms. The molecule has 5 aliphatic rings. The molecule has 7 heteroatoms. The molecule has 5 rings (SSSR count). The van der Waals surface area contributed by atoms with Gasteiger partial charge in [-0.2, -0.15) is 13.2 Å². The summed E-state index contributed by atoms with van der Waals surface area (Å²) in [4.78, 5) is 0. The Bertz CT molecular complexity index is 881. The molecule has 0 aromatic rings. The van der Waals surface area contributed by atoms with Crippen LogP contribution in [0.2, 0.25) is 0 Å². The summed E-state index contributed by atoms with van der Waals surface area (Å²) >= 11 is 0. The van der Waals surface area contributed by atoms with E-state index in [9.17, 15) is 23.4 Å². The summed E-state index contributed by atoms with van der Waals surface area (Å²) in [5, 5.41) is 25.2. The third-order valence-electron chi connectivity index (χ3n) is 13.6. The molecule has 0 aromatic heterocycles. The van der Waals surface area contributed by atoms with Crippen molar-refractivity contribution >= 4 is 0 Å². The molecule has 3 N–H and O–H groups in total. The van der Waals surface area contributed by atoms with E-state index in [-0.39, 0.29) is 47.0 Å². The highest BCUT2D eigenvalue weighted by Crippen LogP contribution is 2.89. The second-order valence-corrected chi connectivity index (χ2v) is 14.9. The van der Waals surface area contributed by atoms with Crippen LogP contribution in [0.1, 0.15) is 92.4 Å². The highest BCUT2D eigenvalue weighted by atomic mass is 19.4. The number of halogens is 3. The first-order chi connectivity index (χ1) is 17.1. The van der Waals surface area contributed by atoms with Gasteiger partial charge in [0.1, 0.15) is 0 Å². The molecule has 5 aliphatic carbocycles. The third kappa shape index (κ3) is 3.83. The SMILES string of the molecule is COC(CNCC(F)(F)F)C[C@@H](C)[C@H]1C[C@H](O)[C@@]2(C)C3CC[C@H]4C(C)(C)C(O)CCC45CC35CCC12C. The van der Waals surface area contributed by atoms with Gasteiger partial charge in [-0.1, -0.05) is 34.6 Å². The van der Waals surface area contributed by atoms with Gasteiger partial charge in [0.05, 0.1) is 24.9 Å². The van der Waals surface area contributed by atoms with E-state index in [2.05, 4.69) is 39.9 Å². The van der Waals surface area contributed by atoms with Crippen molar-refractivity contribution in [3.05, 3.63) is 0 Å². The maximum Gasteiger partial charge on any atom is 0.401 e. The number of methoxy groups -OCH3 is 1. The minimum absolute atomic E-state index is 0.000243. The lowest BCUT2D eigenvalue weighted by Gasteiger charge is -2.63. The summed E-state index contributed by atoms with van der Waals surface area (Å²) in [5.74, 6) is 1.64. The number of ether oxygens (including phenoxy) is 1. The van der Waals surface area contributed by atoms with Crippen LogP contribution in [0.4, 0.5) is 13.2 Å². The number of fused-ring (bicyclic) bond motifs is 2.